The number of hydrogen-bond donors (Lipinski definition) is 2. The van der Waals surface area contributed by atoms with E-state index in [0.29, 0.717) is 26.7 Å². The second-order valence-electron chi connectivity index (χ2n) is 3.35. The molecule has 0 saturated carbocycles. The SMILES string of the molecule is Nc1cnc(Nc2ccc(Br)c(F)c2)c(Cl)c1. The average molecular weight is 317 g/mol. The van der Waals surface area contributed by atoms with Gasteiger partial charge in [-0.05, 0) is 40.2 Å². The van der Waals surface area contributed by atoms with E-state index in [1.54, 1.807) is 18.2 Å². The molecule has 2 rings (SSSR count). The zero-order chi connectivity index (χ0) is 12.4. The van der Waals surface area contributed by atoms with Gasteiger partial charge >= 0.3 is 0 Å². The topological polar surface area (TPSA) is 50.9 Å². The molecule has 88 valence electrons. The molecule has 17 heavy (non-hydrogen) atoms. The molecule has 0 saturated heterocycles. The molecule has 0 radical (unpaired) electrons. The molecule has 0 amide bonds. The maximum atomic E-state index is 13.3. The van der Waals surface area contributed by atoms with E-state index in [4.69, 9.17) is 17.3 Å². The summed E-state index contributed by atoms with van der Waals surface area (Å²) in [6, 6.07) is 6.23. The fraction of sp³-hybridized carbons (Fsp3) is 0. The van der Waals surface area contributed by atoms with Gasteiger partial charge in [-0.15, -0.1) is 0 Å². The number of halogens is 3. The molecule has 6 heteroatoms. The van der Waals surface area contributed by atoms with Gasteiger partial charge in [0.25, 0.3) is 0 Å². The Morgan fingerprint density at radius 1 is 1.35 bits per heavy atom. The van der Waals surface area contributed by atoms with Crippen LogP contribution >= 0.6 is 27.5 Å². The van der Waals surface area contributed by atoms with Crippen molar-refractivity contribution < 1.29 is 4.39 Å². The van der Waals surface area contributed by atoms with Crippen LogP contribution in [-0.2, 0) is 0 Å². The van der Waals surface area contributed by atoms with Crippen LogP contribution in [0.1, 0.15) is 0 Å². The molecule has 1 aromatic carbocycles. The molecule has 0 atom stereocenters. The number of benzene rings is 1. The van der Waals surface area contributed by atoms with Gasteiger partial charge in [-0.2, -0.15) is 0 Å². The lowest BCUT2D eigenvalue weighted by Crippen LogP contribution is -1.96. The van der Waals surface area contributed by atoms with Crippen LogP contribution in [0.3, 0.4) is 0 Å². The summed E-state index contributed by atoms with van der Waals surface area (Å²) >= 11 is 9.02. The highest BCUT2D eigenvalue weighted by atomic mass is 79.9. The van der Waals surface area contributed by atoms with Crippen molar-refractivity contribution in [2.24, 2.45) is 0 Å². The van der Waals surface area contributed by atoms with Gasteiger partial charge in [0.1, 0.15) is 11.6 Å². The van der Waals surface area contributed by atoms with Crippen LogP contribution in [0.5, 0.6) is 0 Å². The highest BCUT2D eigenvalue weighted by Gasteiger charge is 2.05. The van der Waals surface area contributed by atoms with Crippen molar-refractivity contribution >= 4 is 44.7 Å². The quantitative estimate of drug-likeness (QED) is 0.881. The Hall–Kier alpha value is -1.33. The van der Waals surface area contributed by atoms with E-state index in [1.165, 1.54) is 12.3 Å². The summed E-state index contributed by atoms with van der Waals surface area (Å²) in [7, 11) is 0. The zero-order valence-corrected chi connectivity index (χ0v) is 10.9. The molecule has 1 aromatic heterocycles. The van der Waals surface area contributed by atoms with Gasteiger partial charge in [0.15, 0.2) is 0 Å². The number of nitrogens with one attached hydrogen (secondary N) is 1. The molecule has 0 aliphatic carbocycles. The third-order valence-corrected chi connectivity index (χ3v) is 2.98. The summed E-state index contributed by atoms with van der Waals surface area (Å²) in [4.78, 5) is 4.02. The Morgan fingerprint density at radius 2 is 2.12 bits per heavy atom. The van der Waals surface area contributed by atoms with Gasteiger partial charge in [-0.1, -0.05) is 11.6 Å². The molecular weight excluding hydrogens is 308 g/mol. The minimum absolute atomic E-state index is 0.360. The number of anilines is 3. The fourth-order valence-electron chi connectivity index (χ4n) is 1.26. The lowest BCUT2D eigenvalue weighted by molar-refractivity contribution is 0.622. The first kappa shape index (κ1) is 12.1. The molecule has 1 heterocycles. The van der Waals surface area contributed by atoms with Crippen LogP contribution < -0.4 is 11.1 Å². The molecule has 0 bridgehead atoms. The van der Waals surface area contributed by atoms with Crippen molar-refractivity contribution in [2.75, 3.05) is 11.1 Å². The van der Waals surface area contributed by atoms with Crippen LogP contribution in [-0.4, -0.2) is 4.98 Å². The number of nitrogen functional groups attached to an aromatic ring is 1. The first-order valence-electron chi connectivity index (χ1n) is 4.69. The molecule has 0 aliphatic rings. The normalized spacial score (nSPS) is 10.3. The summed E-state index contributed by atoms with van der Waals surface area (Å²) in [5, 5.41) is 3.29. The monoisotopic (exact) mass is 315 g/mol. The van der Waals surface area contributed by atoms with E-state index < -0.39 is 0 Å². The fourth-order valence-corrected chi connectivity index (χ4v) is 1.72. The lowest BCUT2D eigenvalue weighted by Gasteiger charge is -2.08. The minimum atomic E-state index is -0.360. The largest absolute Gasteiger partial charge is 0.397 e. The van der Waals surface area contributed by atoms with Gasteiger partial charge in [0.2, 0.25) is 0 Å². The molecule has 0 unspecified atom stereocenters. The molecule has 2 aromatic rings. The van der Waals surface area contributed by atoms with Crippen LogP contribution in [0.2, 0.25) is 5.02 Å². The number of hydrogen-bond acceptors (Lipinski definition) is 3. The second-order valence-corrected chi connectivity index (χ2v) is 4.61. The minimum Gasteiger partial charge on any atom is -0.397 e. The summed E-state index contributed by atoms with van der Waals surface area (Å²) in [6.07, 6.45) is 1.48. The third-order valence-electron chi connectivity index (χ3n) is 2.04. The van der Waals surface area contributed by atoms with Crippen molar-refractivity contribution in [1.82, 2.24) is 4.98 Å². The van der Waals surface area contributed by atoms with Gasteiger partial charge in [-0.3, -0.25) is 0 Å². The molecule has 0 fully saturated rings. The summed E-state index contributed by atoms with van der Waals surface area (Å²) < 4.78 is 13.7. The summed E-state index contributed by atoms with van der Waals surface area (Å²) in [5.74, 6) is 0.0733. The summed E-state index contributed by atoms with van der Waals surface area (Å²) in [6.45, 7) is 0. The first-order chi connectivity index (χ1) is 8.06. The van der Waals surface area contributed by atoms with Gasteiger partial charge in [0, 0.05) is 5.69 Å². The van der Waals surface area contributed by atoms with Crippen molar-refractivity contribution in [3.05, 3.63) is 45.8 Å². The van der Waals surface area contributed by atoms with Crippen molar-refractivity contribution in [3.8, 4) is 0 Å². The van der Waals surface area contributed by atoms with E-state index in [-0.39, 0.29) is 5.82 Å². The maximum absolute atomic E-state index is 13.3. The van der Waals surface area contributed by atoms with Crippen LogP contribution in [0.25, 0.3) is 0 Å². The predicted octanol–water partition coefficient (Wildman–Crippen LogP) is 3.96. The molecule has 3 nitrogen and oxygen atoms in total. The van der Waals surface area contributed by atoms with Crippen LogP contribution in [0.4, 0.5) is 21.6 Å². The van der Waals surface area contributed by atoms with Gasteiger partial charge < -0.3 is 11.1 Å². The number of rotatable bonds is 2. The first-order valence-corrected chi connectivity index (χ1v) is 5.86. The van der Waals surface area contributed by atoms with Gasteiger partial charge in [-0.25, -0.2) is 9.37 Å². The Bertz CT molecular complexity index is 562. The summed E-state index contributed by atoms with van der Waals surface area (Å²) in [5.41, 5.74) is 6.56. The van der Waals surface area contributed by atoms with Crippen molar-refractivity contribution in [2.45, 2.75) is 0 Å². The number of aromatic nitrogens is 1. The average Bonchev–Trinajstić information content (AvgIpc) is 2.27. The Kier molecular flexibility index (Phi) is 3.49. The predicted molar refractivity (Wildman–Crippen MR) is 71.0 cm³/mol. The van der Waals surface area contributed by atoms with E-state index >= 15 is 0 Å². The van der Waals surface area contributed by atoms with Gasteiger partial charge in [0.05, 0.1) is 21.4 Å². The number of nitrogens with zero attached hydrogens (tertiary/aromatic N) is 1. The lowest BCUT2D eigenvalue weighted by atomic mass is 10.3. The Morgan fingerprint density at radius 3 is 2.76 bits per heavy atom. The second kappa shape index (κ2) is 4.89. The number of nitrogens with two attached hydrogens (primary N) is 1. The highest BCUT2D eigenvalue weighted by molar-refractivity contribution is 9.10. The van der Waals surface area contributed by atoms with E-state index in [1.807, 2.05) is 0 Å². The maximum Gasteiger partial charge on any atom is 0.149 e. The van der Waals surface area contributed by atoms with Crippen molar-refractivity contribution in [1.29, 1.82) is 0 Å². The van der Waals surface area contributed by atoms with E-state index in [2.05, 4.69) is 26.2 Å². The van der Waals surface area contributed by atoms with E-state index in [0.717, 1.165) is 0 Å². The molecule has 0 aliphatic heterocycles. The standard InChI is InChI=1S/C11H8BrClFN3/c12-8-2-1-7(4-10(8)14)17-11-9(13)3-6(15)5-16-11/h1-5H,15H2,(H,16,17). The van der Waals surface area contributed by atoms with E-state index in [9.17, 15) is 4.39 Å². The van der Waals surface area contributed by atoms with Crippen molar-refractivity contribution in [3.63, 3.8) is 0 Å². The van der Waals surface area contributed by atoms with Crippen LogP contribution in [0, 0.1) is 5.82 Å². The Labute approximate surface area is 111 Å². The molecule has 0 spiro atoms. The number of pyridine rings is 1. The Balaban J connectivity index is 2.28. The smallest absolute Gasteiger partial charge is 0.149 e. The molecular formula is C11H8BrClFN3. The third kappa shape index (κ3) is 2.87. The zero-order valence-electron chi connectivity index (χ0n) is 8.55. The van der Waals surface area contributed by atoms with Crippen LogP contribution in [0.15, 0.2) is 34.9 Å². The molecule has 3 N–H and O–H groups in total. The highest BCUT2D eigenvalue weighted by Crippen LogP contribution is 2.26.